The minimum atomic E-state index is -0.0729. The molecule has 0 fully saturated rings. The van der Waals surface area contributed by atoms with Gasteiger partial charge in [-0.2, -0.15) is 0 Å². The average molecular weight is 323 g/mol. The summed E-state index contributed by atoms with van der Waals surface area (Å²) in [4.78, 5) is 7.08. The van der Waals surface area contributed by atoms with E-state index in [4.69, 9.17) is 0 Å². The molecule has 0 bridgehead atoms. The van der Waals surface area contributed by atoms with Crippen LogP contribution in [0.1, 0.15) is 37.8 Å². The molecule has 1 aromatic carbocycles. The first-order valence-corrected chi connectivity index (χ1v) is 8.63. The molecule has 1 aliphatic carbocycles. The summed E-state index contributed by atoms with van der Waals surface area (Å²) in [7, 11) is 6.55. The van der Waals surface area contributed by atoms with Crippen molar-refractivity contribution in [1.29, 1.82) is 0 Å². The second kappa shape index (κ2) is 5.82. The van der Waals surface area contributed by atoms with Crippen molar-refractivity contribution >= 4 is 5.69 Å². The normalized spacial score (nSPS) is 26.8. The molecule has 0 spiro atoms. The quantitative estimate of drug-likeness (QED) is 0.769. The van der Waals surface area contributed by atoms with Crippen LogP contribution >= 0.6 is 0 Å². The topological polar surface area (TPSA) is 9.72 Å². The van der Waals surface area contributed by atoms with Gasteiger partial charge in [-0.1, -0.05) is 31.7 Å². The Hall–Kier alpha value is -2.00. The molecule has 1 heterocycles. The van der Waals surface area contributed by atoms with Crippen molar-refractivity contribution in [3.8, 4) is 0 Å². The lowest BCUT2D eigenvalue weighted by molar-refractivity contribution is 0.154. The van der Waals surface area contributed by atoms with Crippen molar-refractivity contribution in [3.05, 3.63) is 65.5 Å². The fourth-order valence-corrected chi connectivity index (χ4v) is 4.53. The summed E-state index contributed by atoms with van der Waals surface area (Å²) in [5.74, 6) is 0.368. The van der Waals surface area contributed by atoms with Crippen LogP contribution in [0.4, 0.5) is 5.69 Å². The van der Waals surface area contributed by atoms with Crippen molar-refractivity contribution in [2.75, 3.05) is 32.7 Å². The Morgan fingerprint density at radius 2 is 2.04 bits per heavy atom. The standard InChI is InChI=1S/C21H29N3/c1-8-9-13-22(5)20-15(2)17-11-10-12-18-19(17)21(4,16(20)3)24(7)14-23(18)6/h8-13,15H,1,14H2,2-7H3/b13-9-. The monoisotopic (exact) mass is 323 g/mol. The molecule has 2 aliphatic rings. The third-order valence-corrected chi connectivity index (χ3v) is 5.98. The maximum absolute atomic E-state index is 3.79. The maximum Gasteiger partial charge on any atom is 0.0711 e. The summed E-state index contributed by atoms with van der Waals surface area (Å²) in [6.07, 6.45) is 5.93. The van der Waals surface area contributed by atoms with Gasteiger partial charge in [-0.25, -0.2) is 0 Å². The molecule has 3 rings (SSSR count). The number of likely N-dealkylation sites (N-methyl/N-ethyl adjacent to an activating group) is 2. The molecule has 1 aliphatic heterocycles. The van der Waals surface area contributed by atoms with E-state index in [1.165, 1.54) is 28.1 Å². The number of hydrogen-bond donors (Lipinski definition) is 0. The van der Waals surface area contributed by atoms with Gasteiger partial charge in [0.1, 0.15) is 0 Å². The van der Waals surface area contributed by atoms with E-state index in [1.807, 2.05) is 12.2 Å². The predicted octanol–water partition coefficient (Wildman–Crippen LogP) is 4.26. The summed E-state index contributed by atoms with van der Waals surface area (Å²) in [6, 6.07) is 6.76. The Bertz CT molecular complexity index is 731. The molecule has 3 heteroatoms. The highest BCUT2D eigenvalue weighted by Gasteiger charge is 2.47. The number of allylic oxidation sites excluding steroid dienone is 3. The lowest BCUT2D eigenvalue weighted by atomic mass is 9.69. The number of hydrogen-bond acceptors (Lipinski definition) is 3. The third-order valence-electron chi connectivity index (χ3n) is 5.98. The second-order valence-corrected chi connectivity index (χ2v) is 7.27. The van der Waals surface area contributed by atoms with Gasteiger partial charge >= 0.3 is 0 Å². The first-order valence-electron chi connectivity index (χ1n) is 8.63. The van der Waals surface area contributed by atoms with Crippen LogP contribution in [0, 0.1) is 0 Å². The van der Waals surface area contributed by atoms with E-state index in [2.05, 4.69) is 87.6 Å². The first-order chi connectivity index (χ1) is 11.3. The van der Waals surface area contributed by atoms with Crippen molar-refractivity contribution in [1.82, 2.24) is 9.80 Å². The molecular formula is C21H29N3. The molecule has 2 unspecified atom stereocenters. The van der Waals surface area contributed by atoms with Gasteiger partial charge in [-0.15, -0.1) is 0 Å². The number of benzene rings is 1. The van der Waals surface area contributed by atoms with Crippen molar-refractivity contribution in [2.45, 2.75) is 32.2 Å². The van der Waals surface area contributed by atoms with E-state index in [9.17, 15) is 0 Å². The van der Waals surface area contributed by atoms with Crippen LogP contribution in [0.15, 0.2) is 54.4 Å². The third kappa shape index (κ3) is 2.15. The minimum Gasteiger partial charge on any atom is -0.361 e. The molecule has 2 atom stereocenters. The van der Waals surface area contributed by atoms with Gasteiger partial charge < -0.3 is 9.80 Å². The van der Waals surface area contributed by atoms with Gasteiger partial charge in [0.05, 0.1) is 12.2 Å². The smallest absolute Gasteiger partial charge is 0.0711 e. The van der Waals surface area contributed by atoms with Gasteiger partial charge in [-0.05, 0) is 44.2 Å². The average Bonchev–Trinajstić information content (AvgIpc) is 2.56. The zero-order valence-electron chi connectivity index (χ0n) is 15.8. The van der Waals surface area contributed by atoms with E-state index in [-0.39, 0.29) is 5.54 Å². The molecule has 1 aromatic rings. The van der Waals surface area contributed by atoms with E-state index in [0.29, 0.717) is 5.92 Å². The van der Waals surface area contributed by atoms with E-state index < -0.39 is 0 Å². The largest absolute Gasteiger partial charge is 0.361 e. The van der Waals surface area contributed by atoms with Gasteiger partial charge in [0.25, 0.3) is 0 Å². The fraction of sp³-hybridized carbons (Fsp3) is 0.429. The van der Waals surface area contributed by atoms with Crippen molar-refractivity contribution in [3.63, 3.8) is 0 Å². The summed E-state index contributed by atoms with van der Waals surface area (Å²) >= 11 is 0. The molecular weight excluding hydrogens is 294 g/mol. The molecule has 3 nitrogen and oxygen atoms in total. The highest BCUT2D eigenvalue weighted by atomic mass is 15.3. The molecule has 0 radical (unpaired) electrons. The van der Waals surface area contributed by atoms with Gasteiger partial charge in [0, 0.05) is 43.2 Å². The SMILES string of the molecule is C=C/C=C\N(C)C1=C(C)C2(C)c3c(cccc3N(C)CN2C)C1C. The van der Waals surface area contributed by atoms with E-state index in [0.717, 1.165) is 6.67 Å². The molecule has 0 aromatic heterocycles. The Morgan fingerprint density at radius 1 is 1.33 bits per heavy atom. The summed E-state index contributed by atoms with van der Waals surface area (Å²) in [5.41, 5.74) is 7.02. The van der Waals surface area contributed by atoms with E-state index in [1.54, 1.807) is 0 Å². The highest BCUT2D eigenvalue weighted by Crippen LogP contribution is 2.53. The highest BCUT2D eigenvalue weighted by molar-refractivity contribution is 5.67. The van der Waals surface area contributed by atoms with E-state index >= 15 is 0 Å². The first kappa shape index (κ1) is 16.8. The molecule has 0 saturated carbocycles. The second-order valence-electron chi connectivity index (χ2n) is 7.27. The van der Waals surface area contributed by atoms with Crippen LogP contribution in [0.3, 0.4) is 0 Å². The predicted molar refractivity (Wildman–Crippen MR) is 103 cm³/mol. The zero-order chi connectivity index (χ0) is 17.6. The minimum absolute atomic E-state index is 0.0729. The van der Waals surface area contributed by atoms with Gasteiger partial charge in [0.2, 0.25) is 0 Å². The molecule has 0 saturated heterocycles. The molecule has 24 heavy (non-hydrogen) atoms. The van der Waals surface area contributed by atoms with Crippen molar-refractivity contribution in [2.24, 2.45) is 0 Å². The van der Waals surface area contributed by atoms with Crippen LogP contribution in [-0.4, -0.2) is 37.6 Å². The Morgan fingerprint density at radius 3 is 2.71 bits per heavy atom. The van der Waals surface area contributed by atoms with Crippen LogP contribution in [-0.2, 0) is 5.54 Å². The number of rotatable bonds is 3. The Balaban J connectivity index is 2.27. The van der Waals surface area contributed by atoms with Crippen molar-refractivity contribution < 1.29 is 0 Å². The summed E-state index contributed by atoms with van der Waals surface area (Å²) < 4.78 is 0. The zero-order valence-corrected chi connectivity index (χ0v) is 15.8. The Kier molecular flexibility index (Phi) is 4.08. The molecule has 128 valence electrons. The van der Waals surface area contributed by atoms with Gasteiger partial charge in [0.15, 0.2) is 0 Å². The number of anilines is 1. The summed E-state index contributed by atoms with van der Waals surface area (Å²) in [5, 5.41) is 0. The maximum atomic E-state index is 3.79. The van der Waals surface area contributed by atoms with Crippen LogP contribution in [0.5, 0.6) is 0 Å². The molecule has 0 N–H and O–H groups in total. The lowest BCUT2D eigenvalue weighted by Gasteiger charge is -2.53. The Labute approximate surface area is 146 Å². The van der Waals surface area contributed by atoms with Gasteiger partial charge in [-0.3, -0.25) is 4.90 Å². The van der Waals surface area contributed by atoms with Crippen LogP contribution in [0.25, 0.3) is 0 Å². The number of nitrogens with zero attached hydrogens (tertiary/aromatic N) is 3. The molecule has 0 amide bonds. The fourth-order valence-electron chi connectivity index (χ4n) is 4.53. The lowest BCUT2D eigenvalue weighted by Crippen LogP contribution is -2.54. The van der Waals surface area contributed by atoms with Crippen LogP contribution in [0.2, 0.25) is 0 Å². The van der Waals surface area contributed by atoms with Crippen LogP contribution < -0.4 is 4.90 Å². The summed E-state index contributed by atoms with van der Waals surface area (Å²) in [6.45, 7) is 11.7.